The summed E-state index contributed by atoms with van der Waals surface area (Å²) in [4.78, 5) is 0.181. The molecule has 0 aliphatic rings. The van der Waals surface area contributed by atoms with Crippen molar-refractivity contribution in [2.24, 2.45) is 0 Å². The summed E-state index contributed by atoms with van der Waals surface area (Å²) in [7, 11) is -3.67. The molecule has 0 bridgehead atoms. The van der Waals surface area contributed by atoms with Gasteiger partial charge in [0.05, 0.1) is 10.6 Å². The molecule has 7 heteroatoms. The predicted octanol–water partition coefficient (Wildman–Crippen LogP) is 3.67. The van der Waals surface area contributed by atoms with Gasteiger partial charge in [0.25, 0.3) is 10.0 Å². The van der Waals surface area contributed by atoms with Gasteiger partial charge < -0.3 is 4.52 Å². The maximum atomic E-state index is 12.2. The number of sulfonamides is 1. The summed E-state index contributed by atoms with van der Waals surface area (Å²) in [6, 6.07) is 8.22. The molecule has 0 aliphatic carbocycles. The van der Waals surface area contributed by atoms with Crippen LogP contribution in [0.5, 0.6) is 0 Å². The highest BCUT2D eigenvalue weighted by Gasteiger charge is 2.22. The minimum absolute atomic E-state index is 0.115. The fourth-order valence-electron chi connectivity index (χ4n) is 1.63. The van der Waals surface area contributed by atoms with Crippen LogP contribution in [0.1, 0.15) is 32.0 Å². The third-order valence-electron chi connectivity index (χ3n) is 2.90. The molecule has 0 saturated heterocycles. The van der Waals surface area contributed by atoms with Gasteiger partial charge >= 0.3 is 0 Å². The Balaban J connectivity index is 2.22. The summed E-state index contributed by atoms with van der Waals surface area (Å²) in [6.07, 6.45) is 0. The highest BCUT2D eigenvalue weighted by Crippen LogP contribution is 2.25. The third-order valence-corrected chi connectivity index (χ3v) is 4.91. The van der Waals surface area contributed by atoms with Crippen molar-refractivity contribution >= 4 is 31.8 Å². The SMILES string of the molecule is CC(C)(C)c1cc(NS(=O)(=O)c2ccc(CBr)cc2)on1. The van der Waals surface area contributed by atoms with Crippen LogP contribution in [0.3, 0.4) is 0 Å². The normalized spacial score (nSPS) is 12.4. The standard InChI is InChI=1S/C14H17BrN2O3S/c1-14(2,3)12-8-13(20-16-12)17-21(18,19)11-6-4-10(9-15)5-7-11/h4-8,17H,9H2,1-3H3. The summed E-state index contributed by atoms with van der Waals surface area (Å²) in [5.41, 5.74) is 1.49. The molecule has 21 heavy (non-hydrogen) atoms. The maximum Gasteiger partial charge on any atom is 0.264 e. The smallest absolute Gasteiger partial charge is 0.264 e. The van der Waals surface area contributed by atoms with Crippen LogP contribution in [0.25, 0.3) is 0 Å². The molecule has 0 saturated carbocycles. The Morgan fingerprint density at radius 1 is 1.24 bits per heavy atom. The first-order chi connectivity index (χ1) is 9.72. The molecule has 0 aliphatic heterocycles. The lowest BCUT2D eigenvalue weighted by Crippen LogP contribution is -2.13. The molecular weight excluding hydrogens is 356 g/mol. The number of nitrogens with one attached hydrogen (secondary N) is 1. The van der Waals surface area contributed by atoms with E-state index in [2.05, 4.69) is 25.8 Å². The number of nitrogens with zero attached hydrogens (tertiary/aromatic N) is 1. The van der Waals surface area contributed by atoms with E-state index in [1.807, 2.05) is 20.8 Å². The van der Waals surface area contributed by atoms with E-state index in [-0.39, 0.29) is 16.2 Å². The number of rotatable bonds is 4. The summed E-state index contributed by atoms with van der Waals surface area (Å²) in [5.74, 6) is 0.115. The first-order valence-corrected chi connectivity index (χ1v) is 8.98. The van der Waals surface area contributed by atoms with Crippen LogP contribution in [-0.2, 0) is 20.8 Å². The van der Waals surface area contributed by atoms with Gasteiger partial charge in [-0.15, -0.1) is 0 Å². The molecule has 1 N–H and O–H groups in total. The first-order valence-electron chi connectivity index (χ1n) is 6.37. The summed E-state index contributed by atoms with van der Waals surface area (Å²) in [5, 5.41) is 4.56. The molecule has 5 nitrogen and oxygen atoms in total. The van der Waals surface area contributed by atoms with Gasteiger partial charge in [-0.2, -0.15) is 0 Å². The summed E-state index contributed by atoms with van der Waals surface area (Å²) >= 11 is 3.32. The lowest BCUT2D eigenvalue weighted by atomic mass is 9.92. The summed E-state index contributed by atoms with van der Waals surface area (Å²) < 4.78 is 31.9. The van der Waals surface area contributed by atoms with Gasteiger partial charge in [-0.3, -0.25) is 0 Å². The monoisotopic (exact) mass is 372 g/mol. The Bertz CT molecular complexity index is 715. The number of halogens is 1. The van der Waals surface area contributed by atoms with Crippen LogP contribution >= 0.6 is 15.9 Å². The number of aromatic nitrogens is 1. The highest BCUT2D eigenvalue weighted by atomic mass is 79.9. The average molecular weight is 373 g/mol. The fraction of sp³-hybridized carbons (Fsp3) is 0.357. The number of anilines is 1. The Morgan fingerprint density at radius 2 is 1.86 bits per heavy atom. The predicted molar refractivity (Wildman–Crippen MR) is 85.1 cm³/mol. The Hall–Kier alpha value is -1.34. The van der Waals surface area contributed by atoms with E-state index in [4.69, 9.17) is 4.52 Å². The van der Waals surface area contributed by atoms with Crippen LogP contribution in [0.4, 0.5) is 5.88 Å². The number of alkyl halides is 1. The molecule has 1 aromatic heterocycles. The van der Waals surface area contributed by atoms with Crippen molar-refractivity contribution in [3.63, 3.8) is 0 Å². The van der Waals surface area contributed by atoms with Gasteiger partial charge in [-0.1, -0.05) is 54.0 Å². The minimum Gasteiger partial charge on any atom is -0.338 e. The van der Waals surface area contributed by atoms with Crippen molar-refractivity contribution in [2.75, 3.05) is 4.72 Å². The van der Waals surface area contributed by atoms with Crippen LogP contribution in [-0.4, -0.2) is 13.6 Å². The van der Waals surface area contributed by atoms with Crippen LogP contribution in [0, 0.1) is 0 Å². The second kappa shape index (κ2) is 5.81. The van der Waals surface area contributed by atoms with E-state index in [9.17, 15) is 8.42 Å². The number of hydrogen-bond acceptors (Lipinski definition) is 4. The first kappa shape index (κ1) is 16.0. The maximum absolute atomic E-state index is 12.2. The van der Waals surface area contributed by atoms with Gasteiger partial charge in [0.15, 0.2) is 0 Å². The Morgan fingerprint density at radius 3 is 2.33 bits per heavy atom. The number of benzene rings is 1. The molecule has 0 atom stereocenters. The topological polar surface area (TPSA) is 72.2 Å². The van der Waals surface area contributed by atoms with E-state index in [1.54, 1.807) is 30.3 Å². The van der Waals surface area contributed by atoms with E-state index in [1.165, 1.54) is 0 Å². The van der Waals surface area contributed by atoms with E-state index in [0.29, 0.717) is 11.0 Å². The van der Waals surface area contributed by atoms with Gasteiger partial charge in [0, 0.05) is 16.8 Å². The molecule has 0 amide bonds. The molecule has 0 radical (unpaired) electrons. The van der Waals surface area contributed by atoms with Gasteiger partial charge in [0.2, 0.25) is 5.88 Å². The van der Waals surface area contributed by atoms with Gasteiger partial charge in [0.1, 0.15) is 0 Å². The van der Waals surface area contributed by atoms with E-state index < -0.39 is 10.0 Å². The molecule has 2 aromatic rings. The van der Waals surface area contributed by atoms with Crippen molar-refractivity contribution in [3.05, 3.63) is 41.6 Å². The van der Waals surface area contributed by atoms with Crippen LogP contribution < -0.4 is 4.72 Å². The molecule has 0 unspecified atom stereocenters. The van der Waals surface area contributed by atoms with Gasteiger partial charge in [-0.05, 0) is 17.7 Å². The quantitative estimate of drug-likeness (QED) is 0.830. The van der Waals surface area contributed by atoms with Crippen molar-refractivity contribution in [1.82, 2.24) is 5.16 Å². The summed E-state index contributed by atoms with van der Waals surface area (Å²) in [6.45, 7) is 5.92. The lowest BCUT2D eigenvalue weighted by Gasteiger charge is -2.12. The van der Waals surface area contributed by atoms with Crippen LogP contribution in [0.15, 0.2) is 39.8 Å². The van der Waals surface area contributed by atoms with E-state index >= 15 is 0 Å². The second-order valence-electron chi connectivity index (χ2n) is 5.71. The van der Waals surface area contributed by atoms with Crippen molar-refractivity contribution in [2.45, 2.75) is 36.4 Å². The second-order valence-corrected chi connectivity index (χ2v) is 7.95. The molecule has 2 rings (SSSR count). The molecular formula is C14H17BrN2O3S. The van der Waals surface area contributed by atoms with Crippen molar-refractivity contribution in [1.29, 1.82) is 0 Å². The highest BCUT2D eigenvalue weighted by molar-refractivity contribution is 9.08. The molecule has 1 aromatic carbocycles. The molecule has 0 spiro atoms. The lowest BCUT2D eigenvalue weighted by molar-refractivity contribution is 0.405. The molecule has 1 heterocycles. The minimum atomic E-state index is -3.67. The van der Waals surface area contributed by atoms with Crippen LogP contribution in [0.2, 0.25) is 0 Å². The Kier molecular flexibility index (Phi) is 4.43. The molecule has 114 valence electrons. The van der Waals surface area contributed by atoms with Gasteiger partial charge in [-0.25, -0.2) is 13.1 Å². The average Bonchev–Trinajstić information content (AvgIpc) is 2.86. The fourth-order valence-corrected chi connectivity index (χ4v) is 2.97. The molecule has 0 fully saturated rings. The largest absolute Gasteiger partial charge is 0.338 e. The van der Waals surface area contributed by atoms with Crippen molar-refractivity contribution < 1.29 is 12.9 Å². The Labute approximate surface area is 132 Å². The zero-order valence-corrected chi connectivity index (χ0v) is 14.5. The number of hydrogen-bond donors (Lipinski definition) is 1. The van der Waals surface area contributed by atoms with Crippen molar-refractivity contribution in [3.8, 4) is 0 Å². The zero-order chi connectivity index (χ0) is 15.7. The zero-order valence-electron chi connectivity index (χ0n) is 12.1. The van der Waals surface area contributed by atoms with E-state index in [0.717, 1.165) is 5.56 Å². The third kappa shape index (κ3) is 3.85.